The van der Waals surface area contributed by atoms with E-state index in [1.165, 1.54) is 28.3 Å². The summed E-state index contributed by atoms with van der Waals surface area (Å²) in [5.41, 5.74) is 3.29. The molecule has 0 atom stereocenters. The molecule has 0 fully saturated rings. The Bertz CT molecular complexity index is 3510. The minimum atomic E-state index is -4.29. The molecule has 0 saturated carbocycles. The average molecular weight is 1010 g/mol. The minimum absolute atomic E-state index is 0.0164. The summed E-state index contributed by atoms with van der Waals surface area (Å²) in [6.45, 7) is 1.51. The second-order valence-electron chi connectivity index (χ2n) is 14.4. The number of aromatic hydroxyl groups is 2. The van der Waals surface area contributed by atoms with Crippen molar-refractivity contribution < 1.29 is 52.5 Å². The number of fused-ring (bicyclic) bond motifs is 4. The van der Waals surface area contributed by atoms with Crippen LogP contribution >= 0.6 is 35.1 Å². The van der Waals surface area contributed by atoms with Crippen LogP contribution in [0.15, 0.2) is 131 Å². The molecule has 0 spiro atoms. The number of nitriles is 1. The molecule has 0 bridgehead atoms. The van der Waals surface area contributed by atoms with E-state index in [1.54, 1.807) is 79.7 Å². The van der Waals surface area contributed by atoms with Gasteiger partial charge in [-0.1, -0.05) is 76.7 Å². The molecule has 0 amide bonds. The number of carbonyl (C=O) groups is 1. The number of hydrogen-bond acceptors (Lipinski definition) is 22. The van der Waals surface area contributed by atoms with Gasteiger partial charge >= 0.3 is 5.97 Å². The second-order valence-corrected chi connectivity index (χ2v) is 19.0. The number of aromatic nitrogens is 4. The topological polar surface area (TPSA) is 321 Å². The van der Waals surface area contributed by atoms with Gasteiger partial charge in [0, 0.05) is 22.8 Å². The lowest BCUT2D eigenvalue weighted by atomic mass is 9.99. The Kier molecular flexibility index (Phi) is 14.8. The number of para-hydroxylation sites is 2. The van der Waals surface area contributed by atoms with Crippen LogP contribution in [0.2, 0.25) is 0 Å². The van der Waals surface area contributed by atoms with E-state index in [4.69, 9.17) is 19.4 Å². The van der Waals surface area contributed by atoms with Crippen LogP contribution < -0.4 is 4.74 Å². The van der Waals surface area contributed by atoms with Crippen molar-refractivity contribution in [1.82, 2.24) is 19.6 Å². The first-order chi connectivity index (χ1) is 33.3. The standard InChI is InChI=1S/C43H33N11O11S4/c1-23-18-31(33(63-15-7-17-69(60,61)62)21-30(23)47-51-42-52-53-43(67-42)66-16-14-35(55)56)48-49-37-34(68-65-64-59)19-25-12-13-26(20-27(25)39(37)57)46-50-38-36(24-8-3-2-4-9-24)28(22-44)40-45-29-10-5-6-11-32(29)54(40)41(38)58/h2-6,8-13,18-21,57-59H,7,14-17H2,1H3,(H,55,56)(H,60,61,62). The smallest absolute Gasteiger partial charge is 0.304 e. The van der Waals surface area contributed by atoms with Crippen molar-refractivity contribution in [3.8, 4) is 34.6 Å². The first-order valence-electron chi connectivity index (χ1n) is 20.0. The molecule has 26 heteroatoms. The van der Waals surface area contributed by atoms with Crippen molar-refractivity contribution in [2.45, 2.75) is 29.0 Å². The van der Waals surface area contributed by atoms with E-state index in [-0.39, 0.29) is 80.5 Å². The molecular formula is C43H33N11O11S4. The fourth-order valence-electron chi connectivity index (χ4n) is 6.77. The molecule has 0 aliphatic rings. The zero-order chi connectivity index (χ0) is 48.7. The molecule has 22 nitrogen and oxygen atoms in total. The molecule has 8 aromatic rings. The zero-order valence-electron chi connectivity index (χ0n) is 35.4. The Balaban J connectivity index is 1.17. The van der Waals surface area contributed by atoms with E-state index in [0.29, 0.717) is 60.9 Å². The highest BCUT2D eigenvalue weighted by Crippen LogP contribution is 2.48. The maximum Gasteiger partial charge on any atom is 0.304 e. The van der Waals surface area contributed by atoms with Crippen LogP contribution in [0.3, 0.4) is 0 Å². The van der Waals surface area contributed by atoms with Crippen molar-refractivity contribution in [3.63, 3.8) is 0 Å². The molecule has 0 radical (unpaired) electrons. The molecule has 69 heavy (non-hydrogen) atoms. The maximum absolute atomic E-state index is 11.8. The first-order valence-corrected chi connectivity index (χ1v) is 24.2. The molecule has 350 valence electrons. The van der Waals surface area contributed by atoms with E-state index in [2.05, 4.69) is 57.0 Å². The summed E-state index contributed by atoms with van der Waals surface area (Å²) in [5.74, 6) is -1.91. The number of nitrogens with zero attached hydrogens (tertiary/aromatic N) is 11. The molecule has 3 aromatic heterocycles. The van der Waals surface area contributed by atoms with Crippen molar-refractivity contribution in [1.29, 1.82) is 5.26 Å². The van der Waals surface area contributed by atoms with Crippen LogP contribution in [0.4, 0.5) is 33.6 Å². The van der Waals surface area contributed by atoms with Gasteiger partial charge in [0.1, 0.15) is 28.8 Å². The van der Waals surface area contributed by atoms with Crippen molar-refractivity contribution >= 4 is 112 Å². The van der Waals surface area contributed by atoms with Gasteiger partial charge in [0.05, 0.1) is 58.1 Å². The Morgan fingerprint density at radius 1 is 0.913 bits per heavy atom. The number of azo groups is 3. The molecule has 0 aliphatic heterocycles. The van der Waals surface area contributed by atoms with E-state index >= 15 is 0 Å². The number of ether oxygens (including phenoxy) is 1. The monoisotopic (exact) mass is 1010 g/mol. The molecule has 5 N–H and O–H groups in total. The van der Waals surface area contributed by atoms with Gasteiger partial charge in [0.15, 0.2) is 21.4 Å². The van der Waals surface area contributed by atoms with Crippen molar-refractivity contribution in [2.24, 2.45) is 30.7 Å². The Morgan fingerprint density at radius 3 is 2.45 bits per heavy atom. The van der Waals surface area contributed by atoms with Crippen LogP contribution in [0.25, 0.3) is 38.6 Å². The SMILES string of the molecule is Cc1cc(N=Nc2c(SOOO)cc3ccc(N=Nc4c(-c5ccccc5)c(C#N)c5nc6ccccc6n5c4O)cc3c2O)c(OCCCS(=O)(=O)O)cc1N=Nc1nnc(SCCC(=O)O)s1. The summed E-state index contributed by atoms with van der Waals surface area (Å²) in [7, 11) is -4.29. The summed E-state index contributed by atoms with van der Waals surface area (Å²) in [6.07, 6.45) is -0.157. The maximum atomic E-state index is 11.8. The van der Waals surface area contributed by atoms with Crippen LogP contribution in [-0.2, 0) is 24.3 Å². The number of carboxylic acid groups (broad SMARTS) is 1. The van der Waals surface area contributed by atoms with E-state index in [0.717, 1.165) is 11.3 Å². The zero-order valence-corrected chi connectivity index (χ0v) is 38.7. The molecule has 3 heterocycles. The van der Waals surface area contributed by atoms with Crippen LogP contribution in [0.1, 0.15) is 24.0 Å². The number of carboxylic acids is 1. The lowest BCUT2D eigenvalue weighted by molar-refractivity contribution is -0.432. The fraction of sp³-hybridized carbons (Fsp3) is 0.140. The third-order valence-electron chi connectivity index (χ3n) is 9.85. The number of phenols is 1. The quantitative estimate of drug-likeness (QED) is 0.00955. The van der Waals surface area contributed by atoms with Crippen LogP contribution in [0.5, 0.6) is 17.4 Å². The third kappa shape index (κ3) is 11.1. The molecule has 8 rings (SSSR count). The van der Waals surface area contributed by atoms with Crippen molar-refractivity contribution in [3.05, 3.63) is 102 Å². The van der Waals surface area contributed by atoms with Gasteiger partial charge in [-0.2, -0.15) is 18.8 Å². The lowest BCUT2D eigenvalue weighted by Crippen LogP contribution is -2.08. The van der Waals surface area contributed by atoms with Gasteiger partial charge in [-0.15, -0.1) is 40.1 Å². The number of hydrogen-bond donors (Lipinski definition) is 5. The lowest BCUT2D eigenvalue weighted by Gasteiger charge is -2.13. The molecule has 0 unspecified atom stereocenters. The Morgan fingerprint density at radius 2 is 1.68 bits per heavy atom. The van der Waals surface area contributed by atoms with E-state index in [1.807, 2.05) is 6.07 Å². The van der Waals surface area contributed by atoms with Gasteiger partial charge < -0.3 is 20.1 Å². The van der Waals surface area contributed by atoms with Gasteiger partial charge in [0.2, 0.25) is 5.88 Å². The van der Waals surface area contributed by atoms with E-state index in [9.17, 15) is 33.2 Å². The van der Waals surface area contributed by atoms with Gasteiger partial charge in [-0.05, 0) is 66.3 Å². The first kappa shape index (κ1) is 48.0. The average Bonchev–Trinajstić information content (AvgIpc) is 3.96. The number of benzene rings is 5. The summed E-state index contributed by atoms with van der Waals surface area (Å²) in [4.78, 5) is 15.7. The number of phenolic OH excluding ortho intramolecular Hbond substituents is 1. The summed E-state index contributed by atoms with van der Waals surface area (Å²) in [6, 6.07) is 27.5. The number of thioether (sulfide) groups is 1. The summed E-state index contributed by atoms with van der Waals surface area (Å²) in [5, 5.41) is 90.8. The van der Waals surface area contributed by atoms with Gasteiger partial charge in [-0.25, -0.2) is 10.2 Å². The fourth-order valence-corrected chi connectivity index (χ4v) is 9.41. The van der Waals surface area contributed by atoms with Crippen LogP contribution in [0, 0.1) is 18.3 Å². The normalized spacial score (nSPS) is 12.1. The minimum Gasteiger partial charge on any atom is -0.505 e. The van der Waals surface area contributed by atoms with Gasteiger partial charge in [-0.3, -0.25) is 13.7 Å². The highest BCUT2D eigenvalue weighted by atomic mass is 32.2. The predicted molar refractivity (Wildman–Crippen MR) is 254 cm³/mol. The van der Waals surface area contributed by atoms with Crippen molar-refractivity contribution in [2.75, 3.05) is 18.1 Å². The largest absolute Gasteiger partial charge is 0.505 e. The number of aryl methyl sites for hydroxylation is 1. The number of pyridine rings is 1. The second kappa shape index (κ2) is 21.2. The Labute approximate surface area is 402 Å². The highest BCUT2D eigenvalue weighted by molar-refractivity contribution is 8.01. The molecular weight excluding hydrogens is 975 g/mol. The summed E-state index contributed by atoms with van der Waals surface area (Å²) >= 11 is 2.82. The third-order valence-corrected chi connectivity index (χ3v) is 13.2. The highest BCUT2D eigenvalue weighted by Gasteiger charge is 2.25. The summed E-state index contributed by atoms with van der Waals surface area (Å²) < 4.78 is 44.7. The molecule has 0 saturated heterocycles. The molecule has 5 aromatic carbocycles. The van der Waals surface area contributed by atoms with Gasteiger partial charge in [0.25, 0.3) is 15.2 Å². The number of rotatable bonds is 19. The molecule has 0 aliphatic carbocycles. The van der Waals surface area contributed by atoms with E-state index < -0.39 is 27.6 Å². The number of imidazole rings is 1. The predicted octanol–water partition coefficient (Wildman–Crippen LogP) is 11.6. The Hall–Kier alpha value is -7.48. The number of aliphatic carboxylic acids is 1. The van der Waals surface area contributed by atoms with Crippen LogP contribution in [-0.4, -0.2) is 77.2 Å².